The minimum Gasteiger partial charge on any atom is -0.453 e. The number of ketones is 1. The lowest BCUT2D eigenvalue weighted by molar-refractivity contribution is -0.121. The van der Waals surface area contributed by atoms with Crippen molar-refractivity contribution in [2.45, 2.75) is 19.4 Å². The number of carbonyl (C=O) groups is 2. The number of alkyl halides is 1. The summed E-state index contributed by atoms with van der Waals surface area (Å²) in [5.74, 6) is -0.104. The van der Waals surface area contributed by atoms with Gasteiger partial charge < -0.3 is 10.1 Å². The van der Waals surface area contributed by atoms with E-state index in [4.69, 9.17) is 0 Å². The van der Waals surface area contributed by atoms with Crippen molar-refractivity contribution in [2.75, 3.05) is 12.4 Å². The minimum absolute atomic E-state index is 0.104. The molecule has 0 unspecified atom stereocenters. The molecule has 1 amide bonds. The van der Waals surface area contributed by atoms with Gasteiger partial charge in [-0.05, 0) is 13.8 Å². The molecule has 0 aliphatic heterocycles. The Labute approximate surface area is 79.8 Å². The van der Waals surface area contributed by atoms with E-state index in [1.807, 2.05) is 0 Å². The van der Waals surface area contributed by atoms with Gasteiger partial charge in [0.2, 0.25) is 0 Å². The van der Waals surface area contributed by atoms with Crippen LogP contribution in [0.2, 0.25) is 0 Å². The first-order chi connectivity index (χ1) is 5.44. The van der Waals surface area contributed by atoms with E-state index in [1.54, 1.807) is 13.8 Å². The van der Waals surface area contributed by atoms with E-state index < -0.39 is 11.6 Å². The number of alkyl carbamates (subject to hydrolysis) is 1. The summed E-state index contributed by atoms with van der Waals surface area (Å²) in [6.07, 6.45) is -0.603. The van der Waals surface area contributed by atoms with E-state index in [9.17, 15) is 9.59 Å². The van der Waals surface area contributed by atoms with Crippen molar-refractivity contribution in [3.8, 4) is 0 Å². The van der Waals surface area contributed by atoms with Gasteiger partial charge in [-0.1, -0.05) is 15.9 Å². The van der Waals surface area contributed by atoms with Gasteiger partial charge in [-0.25, -0.2) is 4.79 Å². The van der Waals surface area contributed by atoms with Crippen LogP contribution in [0.15, 0.2) is 0 Å². The van der Waals surface area contributed by atoms with Crippen molar-refractivity contribution in [1.82, 2.24) is 5.32 Å². The number of rotatable bonds is 3. The standard InChI is InChI=1S/C7H12BrNO3/c1-7(2,5(10)4-8)9-6(11)12-3/h4H2,1-3H3,(H,9,11). The average Bonchev–Trinajstić information content (AvgIpc) is 2.02. The van der Waals surface area contributed by atoms with E-state index >= 15 is 0 Å². The minimum atomic E-state index is -0.878. The first kappa shape index (κ1) is 11.4. The van der Waals surface area contributed by atoms with Gasteiger partial charge in [-0.2, -0.15) is 0 Å². The van der Waals surface area contributed by atoms with Crippen LogP contribution in [0.3, 0.4) is 0 Å². The Kier molecular flexibility index (Phi) is 4.23. The van der Waals surface area contributed by atoms with E-state index in [-0.39, 0.29) is 11.1 Å². The van der Waals surface area contributed by atoms with Gasteiger partial charge in [-0.3, -0.25) is 4.79 Å². The van der Waals surface area contributed by atoms with E-state index in [1.165, 1.54) is 7.11 Å². The van der Waals surface area contributed by atoms with Crippen LogP contribution in [-0.4, -0.2) is 29.9 Å². The molecule has 4 nitrogen and oxygen atoms in total. The molecule has 0 saturated carbocycles. The zero-order valence-electron chi connectivity index (χ0n) is 7.31. The fourth-order valence-corrected chi connectivity index (χ4v) is 1.24. The average molecular weight is 238 g/mol. The zero-order valence-corrected chi connectivity index (χ0v) is 8.90. The lowest BCUT2D eigenvalue weighted by atomic mass is 10.0. The summed E-state index contributed by atoms with van der Waals surface area (Å²) in [6, 6.07) is 0. The summed E-state index contributed by atoms with van der Waals surface area (Å²) < 4.78 is 4.36. The van der Waals surface area contributed by atoms with Crippen LogP contribution in [0.5, 0.6) is 0 Å². The highest BCUT2D eigenvalue weighted by Gasteiger charge is 2.28. The van der Waals surface area contributed by atoms with Gasteiger partial charge in [0.15, 0.2) is 5.78 Å². The Morgan fingerprint density at radius 3 is 2.33 bits per heavy atom. The molecule has 0 radical (unpaired) electrons. The van der Waals surface area contributed by atoms with Crippen molar-refractivity contribution in [2.24, 2.45) is 0 Å². The Hall–Kier alpha value is -0.580. The first-order valence-electron chi connectivity index (χ1n) is 3.39. The van der Waals surface area contributed by atoms with Gasteiger partial charge in [0, 0.05) is 0 Å². The highest BCUT2D eigenvalue weighted by Crippen LogP contribution is 2.05. The number of carbonyl (C=O) groups excluding carboxylic acids is 2. The number of methoxy groups -OCH3 is 1. The highest BCUT2D eigenvalue weighted by molar-refractivity contribution is 9.09. The lowest BCUT2D eigenvalue weighted by Crippen LogP contribution is -2.50. The summed E-state index contributed by atoms with van der Waals surface area (Å²) in [7, 11) is 1.25. The van der Waals surface area contributed by atoms with Crippen LogP contribution in [0, 0.1) is 0 Å². The van der Waals surface area contributed by atoms with Gasteiger partial charge in [0.05, 0.1) is 18.0 Å². The van der Waals surface area contributed by atoms with Crippen molar-refractivity contribution >= 4 is 27.8 Å². The number of ether oxygens (including phenoxy) is 1. The number of hydrogen-bond acceptors (Lipinski definition) is 3. The SMILES string of the molecule is COC(=O)NC(C)(C)C(=O)CBr. The van der Waals surface area contributed by atoms with Crippen LogP contribution >= 0.6 is 15.9 Å². The lowest BCUT2D eigenvalue weighted by Gasteiger charge is -2.22. The fraction of sp³-hybridized carbons (Fsp3) is 0.714. The van der Waals surface area contributed by atoms with Gasteiger partial charge in [0.25, 0.3) is 0 Å². The quantitative estimate of drug-likeness (QED) is 0.748. The Balaban J connectivity index is 4.21. The molecule has 0 saturated heterocycles. The van der Waals surface area contributed by atoms with Crippen LogP contribution in [0.1, 0.15) is 13.8 Å². The Bertz CT molecular complexity index is 191. The molecule has 0 aromatic carbocycles. The van der Waals surface area contributed by atoms with Gasteiger partial charge in [-0.15, -0.1) is 0 Å². The molecular formula is C7H12BrNO3. The molecule has 0 spiro atoms. The highest BCUT2D eigenvalue weighted by atomic mass is 79.9. The molecule has 0 rings (SSSR count). The second-order valence-electron chi connectivity index (χ2n) is 2.80. The van der Waals surface area contributed by atoms with Crippen molar-refractivity contribution in [3.63, 3.8) is 0 Å². The predicted molar refractivity (Wildman–Crippen MR) is 48.4 cm³/mol. The summed E-state index contributed by atoms with van der Waals surface area (Å²) >= 11 is 3.02. The molecule has 0 aromatic heterocycles. The molecule has 12 heavy (non-hydrogen) atoms. The van der Waals surface area contributed by atoms with E-state index in [2.05, 4.69) is 26.0 Å². The summed E-state index contributed by atoms with van der Waals surface area (Å²) in [6.45, 7) is 3.24. The zero-order chi connectivity index (χ0) is 9.78. The number of amides is 1. The molecule has 70 valence electrons. The molecule has 0 atom stereocenters. The van der Waals surface area contributed by atoms with Crippen LogP contribution in [-0.2, 0) is 9.53 Å². The third-order valence-electron chi connectivity index (χ3n) is 1.42. The Morgan fingerprint density at radius 1 is 1.50 bits per heavy atom. The molecule has 0 aliphatic carbocycles. The molecule has 0 bridgehead atoms. The van der Waals surface area contributed by atoms with Gasteiger partial charge in [0.1, 0.15) is 0 Å². The van der Waals surface area contributed by atoms with Crippen LogP contribution in [0.4, 0.5) is 4.79 Å². The predicted octanol–water partition coefficient (Wildman–Crippen LogP) is 1.08. The largest absolute Gasteiger partial charge is 0.453 e. The normalized spacial score (nSPS) is 10.7. The third kappa shape index (κ3) is 3.21. The smallest absolute Gasteiger partial charge is 0.407 e. The summed E-state index contributed by atoms with van der Waals surface area (Å²) in [5.41, 5.74) is -0.878. The second-order valence-corrected chi connectivity index (χ2v) is 3.36. The van der Waals surface area contributed by atoms with Crippen molar-refractivity contribution < 1.29 is 14.3 Å². The number of halogens is 1. The maximum absolute atomic E-state index is 11.2. The fourth-order valence-electron chi connectivity index (χ4n) is 0.543. The number of nitrogens with one attached hydrogen (secondary N) is 1. The van der Waals surface area contributed by atoms with Crippen molar-refractivity contribution in [1.29, 1.82) is 0 Å². The molecular weight excluding hydrogens is 226 g/mol. The topological polar surface area (TPSA) is 55.4 Å². The molecule has 0 heterocycles. The van der Waals surface area contributed by atoms with Crippen LogP contribution in [0.25, 0.3) is 0 Å². The summed E-state index contributed by atoms with van der Waals surface area (Å²) in [5, 5.41) is 2.63. The number of hydrogen-bond donors (Lipinski definition) is 1. The van der Waals surface area contributed by atoms with E-state index in [0.29, 0.717) is 0 Å². The molecule has 0 aromatic rings. The monoisotopic (exact) mass is 237 g/mol. The number of Topliss-reactive ketones (excluding diaryl/α,β-unsaturated/α-hetero) is 1. The first-order valence-corrected chi connectivity index (χ1v) is 4.51. The Morgan fingerprint density at radius 2 is 2.00 bits per heavy atom. The third-order valence-corrected chi connectivity index (χ3v) is 1.93. The van der Waals surface area contributed by atoms with E-state index in [0.717, 1.165) is 0 Å². The molecule has 5 heteroatoms. The molecule has 1 N–H and O–H groups in total. The maximum Gasteiger partial charge on any atom is 0.407 e. The molecule has 0 aliphatic rings. The maximum atomic E-state index is 11.2. The van der Waals surface area contributed by atoms with Crippen molar-refractivity contribution in [3.05, 3.63) is 0 Å². The molecule has 0 fully saturated rings. The van der Waals surface area contributed by atoms with Gasteiger partial charge >= 0.3 is 6.09 Å². The summed E-state index contributed by atoms with van der Waals surface area (Å²) in [4.78, 5) is 21.9. The second kappa shape index (κ2) is 4.45. The van der Waals surface area contributed by atoms with Crippen LogP contribution < -0.4 is 5.32 Å².